The predicted molar refractivity (Wildman–Crippen MR) is 101 cm³/mol. The zero-order valence-corrected chi connectivity index (χ0v) is 16.1. The standard InChI is InChI=1S/C18H16BrN3O3S/c19-14-6-8-15(9-7-14)22-10-2-5-17(18(22)23)21-26(24,25)16-4-1-3-13(11-16)12-20/h1,3-4,6-9,11,17,21H,2,5,10H2. The predicted octanol–water partition coefficient (Wildman–Crippen LogP) is 2.79. The number of hydrogen-bond donors (Lipinski definition) is 1. The van der Waals surface area contributed by atoms with E-state index in [1.165, 1.54) is 24.3 Å². The van der Waals surface area contributed by atoms with Crippen LogP contribution in [0.4, 0.5) is 5.69 Å². The number of anilines is 1. The van der Waals surface area contributed by atoms with Crippen LogP contribution in [0.1, 0.15) is 18.4 Å². The molecule has 1 aliphatic heterocycles. The highest BCUT2D eigenvalue weighted by Crippen LogP contribution is 2.24. The molecular formula is C18H16BrN3O3S. The van der Waals surface area contributed by atoms with Crippen molar-refractivity contribution in [2.75, 3.05) is 11.4 Å². The number of benzene rings is 2. The van der Waals surface area contributed by atoms with Crippen molar-refractivity contribution >= 4 is 37.5 Å². The number of nitrogens with zero attached hydrogens (tertiary/aromatic N) is 2. The van der Waals surface area contributed by atoms with Crippen molar-refractivity contribution < 1.29 is 13.2 Å². The van der Waals surface area contributed by atoms with Gasteiger partial charge in [0.1, 0.15) is 6.04 Å². The van der Waals surface area contributed by atoms with Crippen molar-refractivity contribution in [3.8, 4) is 6.07 Å². The van der Waals surface area contributed by atoms with Gasteiger partial charge in [-0.1, -0.05) is 22.0 Å². The minimum Gasteiger partial charge on any atom is -0.311 e. The van der Waals surface area contributed by atoms with E-state index in [-0.39, 0.29) is 16.4 Å². The lowest BCUT2D eigenvalue weighted by Crippen LogP contribution is -2.52. The third-order valence-corrected chi connectivity index (χ3v) is 6.15. The van der Waals surface area contributed by atoms with Crippen LogP contribution in [0, 0.1) is 11.3 Å². The number of rotatable bonds is 4. The van der Waals surface area contributed by atoms with E-state index < -0.39 is 16.1 Å². The van der Waals surface area contributed by atoms with Crippen molar-refractivity contribution in [3.05, 3.63) is 58.6 Å². The quantitative estimate of drug-likeness (QED) is 0.802. The highest BCUT2D eigenvalue weighted by Gasteiger charge is 2.33. The number of hydrogen-bond acceptors (Lipinski definition) is 4. The molecule has 6 nitrogen and oxygen atoms in total. The summed E-state index contributed by atoms with van der Waals surface area (Å²) in [5, 5.41) is 8.94. The number of carbonyl (C=O) groups is 1. The third-order valence-electron chi connectivity index (χ3n) is 4.15. The fraction of sp³-hybridized carbons (Fsp3) is 0.222. The SMILES string of the molecule is N#Cc1cccc(S(=O)(=O)NC2CCCN(c3ccc(Br)cc3)C2=O)c1. The molecule has 0 bridgehead atoms. The Hall–Kier alpha value is -2.21. The van der Waals surface area contributed by atoms with E-state index in [0.29, 0.717) is 19.4 Å². The van der Waals surface area contributed by atoms with Crippen LogP contribution in [-0.2, 0) is 14.8 Å². The molecule has 0 saturated carbocycles. The Balaban J connectivity index is 1.81. The van der Waals surface area contributed by atoms with Gasteiger partial charge in [-0.25, -0.2) is 8.42 Å². The summed E-state index contributed by atoms with van der Waals surface area (Å²) in [5.74, 6) is -0.279. The molecule has 1 saturated heterocycles. The second-order valence-corrected chi connectivity index (χ2v) is 8.55. The monoisotopic (exact) mass is 433 g/mol. The number of piperidine rings is 1. The summed E-state index contributed by atoms with van der Waals surface area (Å²) in [6.45, 7) is 0.544. The highest BCUT2D eigenvalue weighted by molar-refractivity contribution is 9.10. The zero-order valence-electron chi connectivity index (χ0n) is 13.7. The van der Waals surface area contributed by atoms with E-state index in [1.54, 1.807) is 4.90 Å². The Morgan fingerprint density at radius 1 is 1.19 bits per heavy atom. The second kappa shape index (κ2) is 7.58. The molecule has 1 aliphatic rings. The van der Waals surface area contributed by atoms with Crippen LogP contribution in [0.15, 0.2) is 57.9 Å². The lowest BCUT2D eigenvalue weighted by molar-refractivity contribution is -0.121. The Morgan fingerprint density at radius 2 is 1.92 bits per heavy atom. The van der Waals surface area contributed by atoms with Gasteiger partial charge in [-0.05, 0) is 55.3 Å². The normalized spacial score (nSPS) is 17.8. The molecule has 0 aliphatic carbocycles. The van der Waals surface area contributed by atoms with Gasteiger partial charge < -0.3 is 4.90 Å². The largest absolute Gasteiger partial charge is 0.311 e. The average molecular weight is 434 g/mol. The topological polar surface area (TPSA) is 90.3 Å². The fourth-order valence-electron chi connectivity index (χ4n) is 2.85. The van der Waals surface area contributed by atoms with Gasteiger partial charge in [0.2, 0.25) is 15.9 Å². The maximum Gasteiger partial charge on any atom is 0.245 e. The summed E-state index contributed by atoms with van der Waals surface area (Å²) in [6, 6.07) is 14.1. The van der Waals surface area contributed by atoms with Crippen LogP contribution in [0.2, 0.25) is 0 Å². The molecule has 26 heavy (non-hydrogen) atoms. The van der Waals surface area contributed by atoms with Crippen molar-refractivity contribution in [2.24, 2.45) is 0 Å². The summed E-state index contributed by atoms with van der Waals surface area (Å²) in [6.07, 6.45) is 1.12. The van der Waals surface area contributed by atoms with Crippen LogP contribution < -0.4 is 9.62 Å². The Kier molecular flexibility index (Phi) is 5.41. The lowest BCUT2D eigenvalue weighted by atomic mass is 10.0. The summed E-state index contributed by atoms with van der Waals surface area (Å²) < 4.78 is 28.6. The van der Waals surface area contributed by atoms with Crippen LogP contribution in [-0.4, -0.2) is 26.9 Å². The number of carbonyl (C=O) groups excluding carboxylic acids is 1. The lowest BCUT2D eigenvalue weighted by Gasteiger charge is -2.32. The molecule has 1 fully saturated rings. The van der Waals surface area contributed by atoms with Gasteiger partial charge in [0, 0.05) is 16.7 Å². The number of nitriles is 1. The molecule has 0 radical (unpaired) electrons. The van der Waals surface area contributed by atoms with Crippen molar-refractivity contribution in [3.63, 3.8) is 0 Å². The first-order valence-electron chi connectivity index (χ1n) is 8.00. The molecule has 1 heterocycles. The first-order chi connectivity index (χ1) is 12.4. The first kappa shape index (κ1) is 18.6. The highest BCUT2D eigenvalue weighted by atomic mass is 79.9. The smallest absolute Gasteiger partial charge is 0.245 e. The molecule has 1 unspecified atom stereocenters. The number of sulfonamides is 1. The molecule has 0 spiro atoms. The molecule has 2 aromatic carbocycles. The van der Waals surface area contributed by atoms with Crippen molar-refractivity contribution in [2.45, 2.75) is 23.8 Å². The molecule has 3 rings (SSSR count). The average Bonchev–Trinajstić information content (AvgIpc) is 2.64. The fourth-order valence-corrected chi connectivity index (χ4v) is 4.38. The molecular weight excluding hydrogens is 418 g/mol. The summed E-state index contributed by atoms with van der Waals surface area (Å²) in [5.41, 5.74) is 0.980. The molecule has 1 N–H and O–H groups in total. The van der Waals surface area contributed by atoms with Crippen LogP contribution in [0.25, 0.3) is 0 Å². The minimum absolute atomic E-state index is 0.0230. The van der Waals surface area contributed by atoms with Gasteiger partial charge in [-0.2, -0.15) is 9.98 Å². The Bertz CT molecular complexity index is 968. The van der Waals surface area contributed by atoms with E-state index in [1.807, 2.05) is 30.3 Å². The maximum absolute atomic E-state index is 12.8. The summed E-state index contributed by atoms with van der Waals surface area (Å²) >= 11 is 3.36. The minimum atomic E-state index is -3.89. The van der Waals surface area contributed by atoms with Crippen molar-refractivity contribution in [1.29, 1.82) is 5.26 Å². The van der Waals surface area contributed by atoms with E-state index in [9.17, 15) is 13.2 Å². The van der Waals surface area contributed by atoms with Gasteiger partial charge in [0.05, 0.1) is 16.5 Å². The molecule has 1 amide bonds. The first-order valence-corrected chi connectivity index (χ1v) is 10.3. The van der Waals surface area contributed by atoms with E-state index in [0.717, 1.165) is 10.2 Å². The van der Waals surface area contributed by atoms with Crippen LogP contribution in [0.3, 0.4) is 0 Å². The maximum atomic E-state index is 12.8. The molecule has 1 atom stereocenters. The van der Waals surface area contributed by atoms with Gasteiger partial charge >= 0.3 is 0 Å². The third kappa shape index (κ3) is 3.96. The summed E-state index contributed by atoms with van der Waals surface area (Å²) in [4.78, 5) is 14.3. The zero-order chi connectivity index (χ0) is 18.7. The van der Waals surface area contributed by atoms with E-state index in [4.69, 9.17) is 5.26 Å². The van der Waals surface area contributed by atoms with Gasteiger partial charge in [0.15, 0.2) is 0 Å². The van der Waals surface area contributed by atoms with Crippen LogP contribution >= 0.6 is 15.9 Å². The Morgan fingerprint density at radius 3 is 2.62 bits per heavy atom. The molecule has 134 valence electrons. The number of nitrogens with one attached hydrogen (secondary N) is 1. The second-order valence-electron chi connectivity index (χ2n) is 5.92. The summed E-state index contributed by atoms with van der Waals surface area (Å²) in [7, 11) is -3.89. The molecule has 0 aromatic heterocycles. The Labute approximate surface area is 160 Å². The van der Waals surface area contributed by atoms with E-state index >= 15 is 0 Å². The van der Waals surface area contributed by atoms with Crippen LogP contribution in [0.5, 0.6) is 0 Å². The van der Waals surface area contributed by atoms with Gasteiger partial charge in [-0.15, -0.1) is 0 Å². The van der Waals surface area contributed by atoms with Gasteiger partial charge in [-0.3, -0.25) is 4.79 Å². The molecule has 8 heteroatoms. The molecule has 2 aromatic rings. The van der Waals surface area contributed by atoms with Gasteiger partial charge in [0.25, 0.3) is 0 Å². The number of amides is 1. The van der Waals surface area contributed by atoms with E-state index in [2.05, 4.69) is 20.7 Å². The number of halogens is 1. The van der Waals surface area contributed by atoms with Crippen molar-refractivity contribution in [1.82, 2.24) is 4.72 Å².